The van der Waals surface area contributed by atoms with Crippen LogP contribution in [0.4, 0.5) is 18.9 Å². The number of nitrogens with one attached hydrogen (secondary N) is 1. The van der Waals surface area contributed by atoms with Gasteiger partial charge in [0.1, 0.15) is 6.04 Å². The fourth-order valence-electron chi connectivity index (χ4n) is 6.21. The number of carbonyl (C=O) groups is 2. The number of amides is 1. The number of benzene rings is 5. The molecule has 5 nitrogen and oxygen atoms in total. The summed E-state index contributed by atoms with van der Waals surface area (Å²) in [6.45, 7) is 3.37. The van der Waals surface area contributed by atoms with Crippen molar-refractivity contribution in [2.45, 2.75) is 25.2 Å². The van der Waals surface area contributed by atoms with E-state index in [0.717, 1.165) is 47.6 Å². The van der Waals surface area contributed by atoms with Gasteiger partial charge in [0.15, 0.2) is 5.78 Å². The van der Waals surface area contributed by atoms with Gasteiger partial charge in [0, 0.05) is 50.4 Å². The van der Waals surface area contributed by atoms with Crippen molar-refractivity contribution in [2.75, 3.05) is 31.1 Å². The molecule has 5 aromatic rings. The maximum atomic E-state index is 13.5. The van der Waals surface area contributed by atoms with Crippen molar-refractivity contribution < 1.29 is 22.8 Å². The predicted molar refractivity (Wildman–Crippen MR) is 183 cm³/mol. The summed E-state index contributed by atoms with van der Waals surface area (Å²) in [5.41, 5.74) is 4.82. The van der Waals surface area contributed by atoms with Crippen molar-refractivity contribution in [1.82, 2.24) is 10.2 Å². The minimum Gasteiger partial charge on any atom is -0.369 e. The Morgan fingerprint density at radius 1 is 0.667 bits per heavy atom. The Hall–Kier alpha value is -5.21. The molecule has 1 fully saturated rings. The van der Waals surface area contributed by atoms with E-state index in [1.165, 1.54) is 12.1 Å². The van der Waals surface area contributed by atoms with Gasteiger partial charge in [-0.25, -0.2) is 0 Å². The zero-order valence-electron chi connectivity index (χ0n) is 26.4. The summed E-state index contributed by atoms with van der Waals surface area (Å²) in [4.78, 5) is 31.4. The Morgan fingerprint density at radius 3 is 1.92 bits per heavy atom. The second-order valence-electron chi connectivity index (χ2n) is 11.9. The van der Waals surface area contributed by atoms with Crippen LogP contribution >= 0.6 is 0 Å². The van der Waals surface area contributed by atoms with E-state index < -0.39 is 17.8 Å². The van der Waals surface area contributed by atoms with Crippen molar-refractivity contribution in [3.63, 3.8) is 0 Å². The van der Waals surface area contributed by atoms with Crippen LogP contribution < -0.4 is 10.2 Å². The number of hydrogen-bond acceptors (Lipinski definition) is 4. The monoisotopic (exact) mass is 647 g/mol. The Balaban J connectivity index is 1.08. The number of ketones is 1. The lowest BCUT2D eigenvalue weighted by atomic mass is 9.93. The zero-order chi connectivity index (χ0) is 33.5. The number of Topliss-reactive ketones (excluding diaryl/α,β-unsaturated/α-hetero) is 1. The molecule has 1 aliphatic rings. The molecule has 0 aliphatic carbocycles. The van der Waals surface area contributed by atoms with Gasteiger partial charge in [0.05, 0.1) is 5.56 Å². The lowest BCUT2D eigenvalue weighted by molar-refractivity contribution is -0.137. The van der Waals surface area contributed by atoms with E-state index in [9.17, 15) is 22.8 Å². The third kappa shape index (κ3) is 7.83. The highest BCUT2D eigenvalue weighted by Crippen LogP contribution is 2.32. The summed E-state index contributed by atoms with van der Waals surface area (Å²) in [7, 11) is 0. The molecule has 8 heteroatoms. The smallest absolute Gasteiger partial charge is 0.369 e. The van der Waals surface area contributed by atoms with Crippen LogP contribution in [0, 0.1) is 0 Å². The highest BCUT2D eigenvalue weighted by Gasteiger charge is 2.31. The van der Waals surface area contributed by atoms with Crippen LogP contribution in [0.15, 0.2) is 133 Å². The molecule has 1 saturated heterocycles. The molecule has 5 aromatic carbocycles. The largest absolute Gasteiger partial charge is 0.416 e. The summed E-state index contributed by atoms with van der Waals surface area (Å²) < 4.78 is 39.2. The summed E-state index contributed by atoms with van der Waals surface area (Å²) >= 11 is 0. The number of anilines is 1. The lowest BCUT2D eigenvalue weighted by Crippen LogP contribution is -2.51. The summed E-state index contributed by atoms with van der Waals surface area (Å²) in [6.07, 6.45) is -4.25. The van der Waals surface area contributed by atoms with E-state index >= 15 is 0 Å². The minimum atomic E-state index is -4.42. The van der Waals surface area contributed by atoms with E-state index in [2.05, 4.69) is 15.1 Å². The first-order chi connectivity index (χ1) is 23.3. The van der Waals surface area contributed by atoms with Crippen LogP contribution in [-0.4, -0.2) is 42.8 Å². The molecule has 0 aromatic heterocycles. The van der Waals surface area contributed by atoms with Crippen molar-refractivity contribution >= 4 is 17.4 Å². The Morgan fingerprint density at radius 2 is 1.27 bits per heavy atom. The van der Waals surface area contributed by atoms with Gasteiger partial charge < -0.3 is 10.2 Å². The van der Waals surface area contributed by atoms with Crippen molar-refractivity contribution in [3.8, 4) is 11.1 Å². The number of alkyl halides is 3. The normalized spacial score (nSPS) is 14.4. The molecule has 1 N–H and O–H groups in total. The van der Waals surface area contributed by atoms with Gasteiger partial charge in [-0.05, 0) is 52.1 Å². The van der Waals surface area contributed by atoms with Crippen LogP contribution in [0.25, 0.3) is 11.1 Å². The second kappa shape index (κ2) is 14.7. The highest BCUT2D eigenvalue weighted by atomic mass is 19.4. The fourth-order valence-corrected chi connectivity index (χ4v) is 6.21. The van der Waals surface area contributed by atoms with Crippen LogP contribution in [0.5, 0.6) is 0 Å². The van der Waals surface area contributed by atoms with Crippen LogP contribution in [-0.2, 0) is 23.9 Å². The number of rotatable bonds is 10. The maximum absolute atomic E-state index is 13.5. The third-order valence-corrected chi connectivity index (χ3v) is 8.77. The Kier molecular flexibility index (Phi) is 10.0. The molecular weight excluding hydrogens is 611 g/mol. The number of hydrogen-bond donors (Lipinski definition) is 1. The van der Waals surface area contributed by atoms with Gasteiger partial charge >= 0.3 is 6.18 Å². The maximum Gasteiger partial charge on any atom is 0.416 e. The number of nitrogens with zero attached hydrogens (tertiary/aromatic N) is 2. The van der Waals surface area contributed by atoms with Crippen LogP contribution in [0.1, 0.15) is 38.7 Å². The molecule has 1 atom stereocenters. The van der Waals surface area contributed by atoms with Gasteiger partial charge in [0.25, 0.3) is 0 Å². The van der Waals surface area contributed by atoms with Crippen LogP contribution in [0.3, 0.4) is 0 Å². The third-order valence-electron chi connectivity index (χ3n) is 8.77. The number of carbonyl (C=O) groups excluding carboxylic acids is 2. The molecule has 0 bridgehead atoms. The van der Waals surface area contributed by atoms with Crippen molar-refractivity contribution in [1.29, 1.82) is 0 Å². The van der Waals surface area contributed by atoms with Gasteiger partial charge in [-0.2, -0.15) is 13.2 Å². The first-order valence-electron chi connectivity index (χ1n) is 16.0. The molecule has 1 heterocycles. The van der Waals surface area contributed by atoms with Crippen molar-refractivity contribution in [2.24, 2.45) is 0 Å². The number of piperazine rings is 1. The predicted octanol–water partition coefficient (Wildman–Crippen LogP) is 7.98. The molecular formula is C40H36F3N3O2. The van der Waals surface area contributed by atoms with Crippen molar-refractivity contribution in [3.05, 3.63) is 161 Å². The van der Waals surface area contributed by atoms with Gasteiger partial charge in [-0.15, -0.1) is 0 Å². The first kappa shape index (κ1) is 32.7. The Labute approximate surface area is 278 Å². The average molecular weight is 648 g/mol. The minimum absolute atomic E-state index is 0.0209. The van der Waals surface area contributed by atoms with E-state index in [1.807, 2.05) is 84.9 Å². The molecule has 1 unspecified atom stereocenters. The molecule has 0 radical (unpaired) electrons. The summed E-state index contributed by atoms with van der Waals surface area (Å²) in [5, 5.41) is 3.13. The van der Waals surface area contributed by atoms with Gasteiger partial charge in [-0.1, -0.05) is 109 Å². The van der Waals surface area contributed by atoms with Gasteiger partial charge in [-0.3, -0.25) is 14.5 Å². The second-order valence-corrected chi connectivity index (χ2v) is 11.9. The molecule has 244 valence electrons. The van der Waals surface area contributed by atoms with E-state index in [1.54, 1.807) is 24.3 Å². The average Bonchev–Trinajstić information content (AvgIpc) is 3.12. The highest BCUT2D eigenvalue weighted by molar-refractivity contribution is 6.03. The fraction of sp³-hybridized carbons (Fsp3) is 0.200. The van der Waals surface area contributed by atoms with Gasteiger partial charge in [0.2, 0.25) is 5.91 Å². The quantitative estimate of drug-likeness (QED) is 0.156. The molecule has 6 rings (SSSR count). The zero-order valence-corrected chi connectivity index (χ0v) is 26.4. The molecule has 0 spiro atoms. The first-order valence-corrected chi connectivity index (χ1v) is 16.0. The molecule has 0 saturated carbocycles. The summed E-state index contributed by atoms with van der Waals surface area (Å²) in [5.74, 6) is -0.128. The molecule has 48 heavy (non-hydrogen) atoms. The molecule has 1 amide bonds. The van der Waals surface area contributed by atoms with E-state index in [-0.39, 0.29) is 18.1 Å². The topological polar surface area (TPSA) is 52.7 Å². The van der Waals surface area contributed by atoms with E-state index in [0.29, 0.717) is 36.3 Å². The lowest BCUT2D eigenvalue weighted by Gasteiger charge is -2.39. The summed E-state index contributed by atoms with van der Waals surface area (Å²) in [6, 6.07) is 39.2. The van der Waals surface area contributed by atoms with Crippen LogP contribution in [0.2, 0.25) is 0 Å². The molecule has 1 aliphatic heterocycles. The number of halogens is 3. The standard InChI is InChI=1S/C40H36F3N3O2/c41-40(42,43)33-19-17-31(18-20-33)35-13-7-8-14-36(35)37(47)27-29-15-21-34(22-16-29)45-23-25-46(26-24-45)38(32-11-5-2-6-12-32)39(48)44-28-30-9-3-1-4-10-30/h1-22,38H,23-28H2,(H,44,48). The van der Waals surface area contributed by atoms with E-state index in [4.69, 9.17) is 0 Å². The SMILES string of the molecule is O=C(Cc1ccc(N2CCN(C(C(=O)NCc3ccccc3)c3ccccc3)CC2)cc1)c1ccccc1-c1ccc(C(F)(F)F)cc1. The Bertz CT molecular complexity index is 1820.